The quantitative estimate of drug-likeness (QED) is 0.476. The number of hydrogen-bond acceptors (Lipinski definition) is 4. The van der Waals surface area contributed by atoms with Gasteiger partial charge in [0.15, 0.2) is 15.8 Å². The highest BCUT2D eigenvalue weighted by molar-refractivity contribution is 7.91. The van der Waals surface area contributed by atoms with Crippen molar-refractivity contribution < 1.29 is 13.2 Å². The Bertz CT molecular complexity index is 651. The molecular formula is C16H25N3O3S. The Balaban J connectivity index is 1.74. The molecule has 1 atom stereocenters. The van der Waals surface area contributed by atoms with E-state index in [4.69, 9.17) is 4.74 Å². The first kappa shape index (κ1) is 17.6. The molecule has 1 aromatic carbocycles. The molecule has 1 saturated heterocycles. The van der Waals surface area contributed by atoms with Crippen LogP contribution in [0.4, 0.5) is 0 Å². The van der Waals surface area contributed by atoms with Crippen LogP contribution in [-0.4, -0.2) is 52.1 Å². The van der Waals surface area contributed by atoms with Crippen LogP contribution in [0.2, 0.25) is 0 Å². The summed E-state index contributed by atoms with van der Waals surface area (Å²) in [5.41, 5.74) is 2.35. The van der Waals surface area contributed by atoms with Crippen LogP contribution in [0.1, 0.15) is 17.5 Å². The Labute approximate surface area is 138 Å². The maximum atomic E-state index is 11.5. The molecule has 1 heterocycles. The fourth-order valence-electron chi connectivity index (χ4n) is 2.65. The van der Waals surface area contributed by atoms with Gasteiger partial charge in [0.1, 0.15) is 12.4 Å². The normalized spacial score (nSPS) is 20.3. The van der Waals surface area contributed by atoms with Crippen LogP contribution in [0, 0.1) is 13.8 Å². The lowest BCUT2D eigenvalue weighted by Gasteiger charge is -2.16. The van der Waals surface area contributed by atoms with Gasteiger partial charge in [0.05, 0.1) is 18.1 Å². The van der Waals surface area contributed by atoms with Gasteiger partial charge < -0.3 is 15.4 Å². The van der Waals surface area contributed by atoms with Crippen molar-refractivity contribution in [3.63, 3.8) is 0 Å². The van der Waals surface area contributed by atoms with Crippen molar-refractivity contribution >= 4 is 15.8 Å². The average molecular weight is 339 g/mol. The topological polar surface area (TPSA) is 79.8 Å². The Morgan fingerprint density at radius 3 is 2.57 bits per heavy atom. The van der Waals surface area contributed by atoms with Crippen molar-refractivity contribution in [3.8, 4) is 5.75 Å². The Morgan fingerprint density at radius 1 is 1.30 bits per heavy atom. The molecule has 0 aliphatic carbocycles. The zero-order valence-electron chi connectivity index (χ0n) is 13.9. The molecule has 1 aromatic rings. The van der Waals surface area contributed by atoms with Gasteiger partial charge in [-0.15, -0.1) is 0 Å². The van der Waals surface area contributed by atoms with Crippen LogP contribution in [0.25, 0.3) is 0 Å². The number of ether oxygens (including phenoxy) is 1. The van der Waals surface area contributed by atoms with Gasteiger partial charge in [-0.25, -0.2) is 8.42 Å². The standard InChI is InChI=1S/C16H25N3O3S/c1-12-8-13(2)10-15(9-12)22-6-5-18-16(17-3)19-14-4-7-23(20,21)11-14/h8-10,14H,4-7,11H2,1-3H3,(H2,17,18,19). The van der Waals surface area contributed by atoms with Crippen LogP contribution in [0.3, 0.4) is 0 Å². The summed E-state index contributed by atoms with van der Waals surface area (Å²) >= 11 is 0. The first-order valence-electron chi connectivity index (χ1n) is 7.77. The predicted octanol–water partition coefficient (Wildman–Crippen LogP) is 1.03. The minimum atomic E-state index is -2.89. The van der Waals surface area contributed by atoms with E-state index in [9.17, 15) is 8.42 Å². The third kappa shape index (κ3) is 5.74. The molecule has 1 unspecified atom stereocenters. The first-order chi connectivity index (χ1) is 10.9. The Kier molecular flexibility index (Phi) is 5.87. The first-order valence-corrected chi connectivity index (χ1v) is 9.59. The number of nitrogens with one attached hydrogen (secondary N) is 2. The summed E-state index contributed by atoms with van der Waals surface area (Å²) < 4.78 is 28.6. The molecule has 0 saturated carbocycles. The summed E-state index contributed by atoms with van der Waals surface area (Å²) in [5.74, 6) is 1.88. The highest BCUT2D eigenvalue weighted by atomic mass is 32.2. The number of nitrogens with zero attached hydrogens (tertiary/aromatic N) is 1. The molecule has 6 nitrogen and oxygen atoms in total. The third-order valence-corrected chi connectivity index (χ3v) is 5.42. The summed E-state index contributed by atoms with van der Waals surface area (Å²) in [7, 11) is -1.22. The number of guanidine groups is 1. The van der Waals surface area contributed by atoms with E-state index in [-0.39, 0.29) is 17.5 Å². The number of aryl methyl sites for hydroxylation is 2. The lowest BCUT2D eigenvalue weighted by atomic mass is 10.1. The monoisotopic (exact) mass is 339 g/mol. The summed E-state index contributed by atoms with van der Waals surface area (Å²) in [6, 6.07) is 6.05. The minimum Gasteiger partial charge on any atom is -0.492 e. The third-order valence-electron chi connectivity index (χ3n) is 3.66. The van der Waals surface area contributed by atoms with Crippen LogP contribution < -0.4 is 15.4 Å². The van der Waals surface area contributed by atoms with Crippen molar-refractivity contribution in [3.05, 3.63) is 29.3 Å². The second-order valence-electron chi connectivity index (χ2n) is 5.92. The molecule has 0 spiro atoms. The van der Waals surface area contributed by atoms with Gasteiger partial charge in [0, 0.05) is 13.1 Å². The van der Waals surface area contributed by atoms with Crippen molar-refractivity contribution in [1.29, 1.82) is 0 Å². The van der Waals surface area contributed by atoms with Gasteiger partial charge in [-0.1, -0.05) is 6.07 Å². The Morgan fingerprint density at radius 2 is 2.00 bits per heavy atom. The molecule has 0 amide bonds. The molecular weight excluding hydrogens is 314 g/mol. The maximum Gasteiger partial charge on any atom is 0.191 e. The molecule has 23 heavy (non-hydrogen) atoms. The number of aliphatic imine (C=N–C) groups is 1. The van der Waals surface area contributed by atoms with Crippen molar-refractivity contribution in [2.75, 3.05) is 31.7 Å². The van der Waals surface area contributed by atoms with Crippen LogP contribution >= 0.6 is 0 Å². The van der Waals surface area contributed by atoms with Crippen molar-refractivity contribution in [2.45, 2.75) is 26.3 Å². The maximum absolute atomic E-state index is 11.5. The van der Waals surface area contributed by atoms with Crippen LogP contribution in [0.5, 0.6) is 5.75 Å². The molecule has 128 valence electrons. The fraction of sp³-hybridized carbons (Fsp3) is 0.562. The SMILES string of the molecule is CN=C(NCCOc1cc(C)cc(C)c1)NC1CCS(=O)(=O)C1. The second-order valence-corrected chi connectivity index (χ2v) is 8.14. The summed E-state index contributed by atoms with van der Waals surface area (Å²) in [6.07, 6.45) is 0.627. The largest absolute Gasteiger partial charge is 0.492 e. The van der Waals surface area contributed by atoms with Crippen LogP contribution in [0.15, 0.2) is 23.2 Å². The molecule has 7 heteroatoms. The van der Waals surface area contributed by atoms with Crippen molar-refractivity contribution in [2.24, 2.45) is 4.99 Å². The molecule has 2 rings (SSSR count). The van der Waals surface area contributed by atoms with Crippen molar-refractivity contribution in [1.82, 2.24) is 10.6 Å². The van der Waals surface area contributed by atoms with E-state index in [1.165, 1.54) is 11.1 Å². The number of sulfone groups is 1. The zero-order chi connectivity index (χ0) is 16.9. The molecule has 0 bridgehead atoms. The van der Waals surface area contributed by atoms with Gasteiger partial charge in [0.2, 0.25) is 0 Å². The van der Waals surface area contributed by atoms with Gasteiger partial charge in [-0.05, 0) is 43.5 Å². The summed E-state index contributed by atoms with van der Waals surface area (Å²) in [4.78, 5) is 4.12. The van der Waals surface area contributed by atoms with E-state index in [0.29, 0.717) is 25.5 Å². The second kappa shape index (κ2) is 7.68. The molecule has 1 aliphatic rings. The van der Waals surface area contributed by atoms with E-state index in [1.54, 1.807) is 7.05 Å². The van der Waals surface area contributed by atoms with Gasteiger partial charge in [0.25, 0.3) is 0 Å². The van der Waals surface area contributed by atoms with E-state index in [0.717, 1.165) is 5.75 Å². The number of rotatable bonds is 5. The lowest BCUT2D eigenvalue weighted by molar-refractivity contribution is 0.321. The fourth-order valence-corrected chi connectivity index (χ4v) is 4.32. The molecule has 2 N–H and O–H groups in total. The molecule has 0 radical (unpaired) electrons. The molecule has 1 fully saturated rings. The van der Waals surface area contributed by atoms with Gasteiger partial charge in [-0.3, -0.25) is 4.99 Å². The summed E-state index contributed by atoms with van der Waals surface area (Å²) in [5, 5.41) is 6.28. The van der Waals surface area contributed by atoms with Gasteiger partial charge in [-0.2, -0.15) is 0 Å². The predicted molar refractivity (Wildman–Crippen MR) is 93.0 cm³/mol. The number of hydrogen-bond donors (Lipinski definition) is 2. The van der Waals surface area contributed by atoms with E-state index in [2.05, 4.69) is 21.7 Å². The lowest BCUT2D eigenvalue weighted by Crippen LogP contribution is -2.45. The zero-order valence-corrected chi connectivity index (χ0v) is 14.7. The van der Waals surface area contributed by atoms with E-state index >= 15 is 0 Å². The highest BCUT2D eigenvalue weighted by Crippen LogP contribution is 2.15. The highest BCUT2D eigenvalue weighted by Gasteiger charge is 2.28. The number of benzene rings is 1. The van der Waals surface area contributed by atoms with Gasteiger partial charge >= 0.3 is 0 Å². The van der Waals surface area contributed by atoms with E-state index < -0.39 is 9.84 Å². The average Bonchev–Trinajstić information content (AvgIpc) is 2.80. The summed E-state index contributed by atoms with van der Waals surface area (Å²) in [6.45, 7) is 5.18. The smallest absolute Gasteiger partial charge is 0.191 e. The van der Waals surface area contributed by atoms with E-state index in [1.807, 2.05) is 26.0 Å². The molecule has 1 aliphatic heterocycles. The minimum absolute atomic E-state index is 0.0634. The molecule has 0 aromatic heterocycles. The van der Waals surface area contributed by atoms with Crippen LogP contribution in [-0.2, 0) is 9.84 Å². The Hall–Kier alpha value is -1.76.